The molecule has 2 heterocycles. The molecule has 0 radical (unpaired) electrons. The van der Waals surface area contributed by atoms with Gasteiger partial charge in [-0.3, -0.25) is 9.97 Å². The zero-order chi connectivity index (χ0) is 95.3. The highest BCUT2D eigenvalue weighted by atomic mass is 14.7. The quantitative estimate of drug-likeness (QED) is 0.152. The molecular weight excluding hydrogens is 1660 g/mol. The third-order valence-electron chi connectivity index (χ3n) is 29.4. The van der Waals surface area contributed by atoms with Gasteiger partial charge in [0.1, 0.15) is 0 Å². The first kappa shape index (κ1) is 91.4. The maximum Gasteiger partial charge on any atom is 0.0716 e. The van der Waals surface area contributed by atoms with Crippen LogP contribution in [0.3, 0.4) is 0 Å². The third-order valence-corrected chi connectivity index (χ3v) is 29.4. The number of rotatable bonds is 8. The van der Waals surface area contributed by atoms with Crippen LogP contribution in [-0.2, 0) is 27.1 Å². The minimum atomic E-state index is -0.264. The predicted molar refractivity (Wildman–Crippen MR) is 580 cm³/mol. The second-order valence-corrected chi connectivity index (χ2v) is 38.1. The molecule has 0 saturated carbocycles. The van der Waals surface area contributed by atoms with Crippen molar-refractivity contribution in [1.82, 2.24) is 9.97 Å². The summed E-state index contributed by atoms with van der Waals surface area (Å²) in [5.74, 6) is 0. The first-order valence-corrected chi connectivity index (χ1v) is 48.6. The van der Waals surface area contributed by atoms with Crippen LogP contribution in [0, 0.1) is 76.2 Å². The summed E-state index contributed by atoms with van der Waals surface area (Å²) in [4.78, 5) is 8.37. The van der Waals surface area contributed by atoms with Gasteiger partial charge < -0.3 is 0 Å². The highest BCUT2D eigenvalue weighted by molar-refractivity contribution is 5.92. The molecule has 0 atom stereocenters. The SMILES string of the molecule is Cc1cc(C)nc(C)c1.Cc1ccc2c(c1)-c1ccccc1C2(c1ccccc1)c1ccccc1.Cc1ccc2c(c1)C(c1ccccc1)(c1ccccc1)c1ccccc1-2.Cc1cccc2c1-c1ccccc1C2(C)C.Cc1cccc2c1-c1ccccc1C2(c1ccccc1)c1ccccc1.Cc1cccc2c1C(c1ccccc1)(c1ccccc1)c1ccccc1-2.Cc1ccnc(C)c1C. The Morgan fingerprint density at radius 2 is 0.471 bits per heavy atom. The van der Waals surface area contributed by atoms with E-state index in [-0.39, 0.29) is 27.1 Å². The number of fused-ring (bicyclic) bond motifs is 15. The lowest BCUT2D eigenvalue weighted by atomic mass is 9.67. The molecule has 2 heteroatoms. The lowest BCUT2D eigenvalue weighted by molar-refractivity contribution is 0.660. The Bertz CT molecular complexity index is 7430. The van der Waals surface area contributed by atoms with E-state index in [1.165, 1.54) is 200 Å². The third kappa shape index (κ3) is 16.2. The summed E-state index contributed by atoms with van der Waals surface area (Å²) in [7, 11) is 0. The molecular formula is C136H118N2. The average Bonchev–Trinajstić information content (AvgIpc) is 1.55. The van der Waals surface area contributed by atoms with Gasteiger partial charge in [0, 0.05) is 28.7 Å². The predicted octanol–water partition coefficient (Wildman–Crippen LogP) is 33.7. The monoisotopic (exact) mass is 1780 g/mol. The van der Waals surface area contributed by atoms with Crippen LogP contribution in [-0.4, -0.2) is 9.97 Å². The topological polar surface area (TPSA) is 25.8 Å². The molecule has 0 fully saturated rings. The summed E-state index contributed by atoms with van der Waals surface area (Å²) < 4.78 is 0. The van der Waals surface area contributed by atoms with Crippen LogP contribution in [0.1, 0.15) is 176 Å². The van der Waals surface area contributed by atoms with Crippen LogP contribution >= 0.6 is 0 Å². The van der Waals surface area contributed by atoms with Gasteiger partial charge in [0.05, 0.1) is 21.7 Å². The molecule has 0 N–H and O–H groups in total. The van der Waals surface area contributed by atoms with Crippen molar-refractivity contribution in [1.29, 1.82) is 0 Å². The molecule has 18 aromatic carbocycles. The van der Waals surface area contributed by atoms with Crippen molar-refractivity contribution in [3.05, 3.63) is 641 Å². The smallest absolute Gasteiger partial charge is 0.0716 e. The number of aryl methyl sites for hydroxylation is 10. The van der Waals surface area contributed by atoms with Gasteiger partial charge in [-0.2, -0.15) is 0 Å². The van der Waals surface area contributed by atoms with Gasteiger partial charge in [-0.1, -0.05) is 480 Å². The average molecular weight is 1780 g/mol. The summed E-state index contributed by atoms with van der Waals surface area (Å²) in [5, 5.41) is 0. The molecule has 5 aliphatic carbocycles. The summed E-state index contributed by atoms with van der Waals surface area (Å²) in [5.41, 5.74) is 51.3. The number of hydrogen-bond donors (Lipinski definition) is 0. The van der Waals surface area contributed by atoms with Crippen molar-refractivity contribution in [2.45, 2.75) is 117 Å². The van der Waals surface area contributed by atoms with Crippen molar-refractivity contribution in [3.63, 3.8) is 0 Å². The van der Waals surface area contributed by atoms with Crippen LogP contribution < -0.4 is 0 Å². The molecule has 0 bridgehead atoms. The van der Waals surface area contributed by atoms with E-state index >= 15 is 0 Å². The molecule has 25 rings (SSSR count). The molecule has 2 aromatic heterocycles. The van der Waals surface area contributed by atoms with Crippen molar-refractivity contribution >= 4 is 0 Å². The highest BCUT2D eigenvalue weighted by Crippen LogP contribution is 2.62. The van der Waals surface area contributed by atoms with Crippen LogP contribution in [0.25, 0.3) is 55.6 Å². The van der Waals surface area contributed by atoms with Crippen LogP contribution in [0.4, 0.5) is 0 Å². The molecule has 5 aliphatic rings. The maximum absolute atomic E-state index is 4.23. The van der Waals surface area contributed by atoms with Gasteiger partial charge in [-0.05, 0) is 284 Å². The molecule has 0 unspecified atom stereocenters. The number of pyridine rings is 2. The van der Waals surface area contributed by atoms with Crippen molar-refractivity contribution in [2.75, 3.05) is 0 Å². The van der Waals surface area contributed by atoms with Gasteiger partial charge in [0.15, 0.2) is 0 Å². The maximum atomic E-state index is 4.23. The molecule has 672 valence electrons. The molecule has 138 heavy (non-hydrogen) atoms. The Morgan fingerprint density at radius 3 is 0.899 bits per heavy atom. The van der Waals surface area contributed by atoms with E-state index in [0.29, 0.717) is 0 Å². The molecule has 2 nitrogen and oxygen atoms in total. The van der Waals surface area contributed by atoms with E-state index in [9.17, 15) is 0 Å². The van der Waals surface area contributed by atoms with E-state index in [4.69, 9.17) is 0 Å². The zero-order valence-corrected chi connectivity index (χ0v) is 81.5. The van der Waals surface area contributed by atoms with E-state index in [1.807, 2.05) is 33.0 Å². The van der Waals surface area contributed by atoms with Crippen LogP contribution in [0.15, 0.2) is 479 Å². The number of benzene rings is 18. The lowest BCUT2D eigenvalue weighted by Crippen LogP contribution is -2.29. The Hall–Kier alpha value is -15.7. The van der Waals surface area contributed by atoms with Gasteiger partial charge in [0.2, 0.25) is 0 Å². The Morgan fingerprint density at radius 1 is 0.181 bits per heavy atom. The second-order valence-electron chi connectivity index (χ2n) is 38.1. The first-order chi connectivity index (χ1) is 67.3. The van der Waals surface area contributed by atoms with Crippen molar-refractivity contribution in [2.24, 2.45) is 0 Å². The Labute approximate surface area is 818 Å². The van der Waals surface area contributed by atoms with E-state index in [0.717, 1.165) is 17.1 Å². The zero-order valence-electron chi connectivity index (χ0n) is 81.5. The van der Waals surface area contributed by atoms with E-state index in [2.05, 4.69) is 546 Å². The summed E-state index contributed by atoms with van der Waals surface area (Å²) >= 11 is 0. The summed E-state index contributed by atoms with van der Waals surface area (Å²) in [6.45, 7) is 28.0. The number of aromatic nitrogens is 2. The normalized spacial score (nSPS) is 13.5. The second kappa shape index (κ2) is 38.9. The van der Waals surface area contributed by atoms with E-state index < -0.39 is 0 Å². The fourth-order valence-electron chi connectivity index (χ4n) is 23.3. The molecule has 0 saturated heterocycles. The van der Waals surface area contributed by atoms with Crippen molar-refractivity contribution in [3.8, 4) is 55.6 Å². The van der Waals surface area contributed by atoms with E-state index in [1.54, 1.807) is 0 Å². The van der Waals surface area contributed by atoms with Crippen molar-refractivity contribution < 1.29 is 0 Å². The molecule has 0 spiro atoms. The Kier molecular flexibility index (Phi) is 25.8. The van der Waals surface area contributed by atoms with Crippen LogP contribution in [0.2, 0.25) is 0 Å². The minimum Gasteiger partial charge on any atom is -0.261 e. The fourth-order valence-corrected chi connectivity index (χ4v) is 23.3. The van der Waals surface area contributed by atoms with Gasteiger partial charge in [0.25, 0.3) is 0 Å². The number of nitrogens with zero attached hydrogens (tertiary/aromatic N) is 2. The largest absolute Gasteiger partial charge is 0.261 e. The lowest BCUT2D eigenvalue weighted by Gasteiger charge is -2.34. The van der Waals surface area contributed by atoms with Crippen LogP contribution in [0.5, 0.6) is 0 Å². The van der Waals surface area contributed by atoms with Gasteiger partial charge >= 0.3 is 0 Å². The minimum absolute atomic E-state index is 0.151. The number of hydrogen-bond acceptors (Lipinski definition) is 2. The van der Waals surface area contributed by atoms with Gasteiger partial charge in [-0.15, -0.1) is 0 Å². The molecule has 20 aromatic rings. The fraction of sp³-hybridized carbons (Fsp3) is 0.132. The summed E-state index contributed by atoms with van der Waals surface area (Å²) in [6, 6.07) is 172. The Balaban J connectivity index is 0.000000106. The molecule has 0 aliphatic heterocycles. The summed E-state index contributed by atoms with van der Waals surface area (Å²) in [6.07, 6.45) is 1.84. The first-order valence-electron chi connectivity index (χ1n) is 48.6. The molecule has 0 amide bonds. The van der Waals surface area contributed by atoms with Gasteiger partial charge in [-0.25, -0.2) is 0 Å². The standard InChI is InChI=1S/4C26H20.C16H16.2C8H11N/c1-19-11-10-17-23-22-16-8-9-18-24(22)26(25(19)23,20-12-4-2-5-13-20)21-14-6-3-7-15-21;1-19-11-10-18-24-25(19)22-16-8-9-17-23(22)26(24,20-12-4-2-5-13-20)21-14-6-3-7-15-21;1-19-16-17-25-23(18-19)22-14-8-9-15-24(22)26(25,20-10-4-2-5-11-20)21-12-6-3-7-13-21;1-19-16-17-23-22-14-8-9-15-24(22)26(25(23)18-19,20-10-4-2-5-11-20)21-12-6-3-7-13-21;1-11-7-6-10-14-15(11)12-8-4-5-9-13(12)16(14,2)3;1-6-4-7(2)9-8(3)5-6;1-6-4-5-9-8(3)7(6)2/h4*2-18H,1H3;4-10H,1-3H3;2*4-5H,1-3H3. The highest BCUT2D eigenvalue weighted by Gasteiger charge is 2.51.